The van der Waals surface area contributed by atoms with Crippen LogP contribution < -0.4 is 10.1 Å². The summed E-state index contributed by atoms with van der Waals surface area (Å²) in [7, 11) is 1.87. The van der Waals surface area contributed by atoms with Crippen LogP contribution in [0.25, 0.3) is 11.3 Å². The Bertz CT molecular complexity index is 594. The lowest BCUT2D eigenvalue weighted by molar-refractivity contribution is 0.303. The molecule has 1 saturated carbocycles. The highest BCUT2D eigenvalue weighted by atomic mass is 16.5. The monoisotopic (exact) mass is 255 g/mol. The maximum absolute atomic E-state index is 5.82. The summed E-state index contributed by atoms with van der Waals surface area (Å²) in [6, 6.07) is 8.10. The topological polar surface area (TPSA) is 47.0 Å². The zero-order valence-corrected chi connectivity index (χ0v) is 11.2. The Morgan fingerprint density at radius 3 is 2.84 bits per heavy atom. The molecule has 0 atom stereocenters. The Hall–Kier alpha value is -2.10. The zero-order chi connectivity index (χ0) is 13.2. The molecule has 0 bridgehead atoms. The number of ether oxygens (including phenoxy) is 1. The van der Waals surface area contributed by atoms with Crippen LogP contribution in [0.15, 0.2) is 30.6 Å². The summed E-state index contributed by atoms with van der Waals surface area (Å²) in [5.41, 5.74) is 3.06. The maximum atomic E-state index is 5.82. The van der Waals surface area contributed by atoms with Gasteiger partial charge in [-0.3, -0.25) is 0 Å². The third kappa shape index (κ3) is 2.52. The molecule has 1 aliphatic carbocycles. The van der Waals surface area contributed by atoms with Gasteiger partial charge in [0.05, 0.1) is 11.8 Å². The highest BCUT2D eigenvalue weighted by Crippen LogP contribution is 2.31. The van der Waals surface area contributed by atoms with E-state index in [1.54, 1.807) is 6.33 Å². The number of aromatic nitrogens is 2. The molecule has 1 aromatic heterocycles. The minimum atomic E-state index is 0.412. The standard InChI is InChI=1S/C15H17N3O/c1-10-14(17-9-18-15(10)16-2)11-4-3-5-13(8-11)19-12-6-7-12/h3-5,8-9,12H,6-7H2,1-2H3,(H,16,17,18). The van der Waals surface area contributed by atoms with Gasteiger partial charge in [0.1, 0.15) is 17.9 Å². The van der Waals surface area contributed by atoms with Crippen molar-refractivity contribution in [3.8, 4) is 17.0 Å². The number of rotatable bonds is 4. The maximum Gasteiger partial charge on any atom is 0.132 e. The van der Waals surface area contributed by atoms with Crippen LogP contribution in [-0.4, -0.2) is 23.1 Å². The Balaban J connectivity index is 1.96. The van der Waals surface area contributed by atoms with Crippen molar-refractivity contribution in [3.63, 3.8) is 0 Å². The van der Waals surface area contributed by atoms with Crippen LogP contribution in [0.5, 0.6) is 5.75 Å². The lowest BCUT2D eigenvalue weighted by atomic mass is 10.1. The van der Waals surface area contributed by atoms with E-state index in [4.69, 9.17) is 4.74 Å². The molecule has 1 fully saturated rings. The molecule has 0 radical (unpaired) electrons. The predicted molar refractivity (Wildman–Crippen MR) is 75.4 cm³/mol. The lowest BCUT2D eigenvalue weighted by Crippen LogP contribution is -2.00. The van der Waals surface area contributed by atoms with Gasteiger partial charge in [-0.2, -0.15) is 0 Å². The van der Waals surface area contributed by atoms with Crippen LogP contribution in [0, 0.1) is 6.92 Å². The molecule has 0 amide bonds. The Morgan fingerprint density at radius 2 is 2.11 bits per heavy atom. The number of hydrogen-bond acceptors (Lipinski definition) is 4. The van der Waals surface area contributed by atoms with Crippen LogP contribution in [0.3, 0.4) is 0 Å². The molecular weight excluding hydrogens is 238 g/mol. The number of anilines is 1. The molecule has 1 aliphatic rings. The Kier molecular flexibility index (Phi) is 3.07. The smallest absolute Gasteiger partial charge is 0.132 e. The summed E-state index contributed by atoms with van der Waals surface area (Å²) >= 11 is 0. The van der Waals surface area contributed by atoms with Gasteiger partial charge in [-0.25, -0.2) is 9.97 Å². The van der Waals surface area contributed by atoms with Crippen molar-refractivity contribution in [1.82, 2.24) is 9.97 Å². The van der Waals surface area contributed by atoms with E-state index in [0.717, 1.165) is 28.4 Å². The quantitative estimate of drug-likeness (QED) is 0.912. The van der Waals surface area contributed by atoms with E-state index in [2.05, 4.69) is 21.4 Å². The van der Waals surface area contributed by atoms with Gasteiger partial charge in [0, 0.05) is 18.2 Å². The summed E-state index contributed by atoms with van der Waals surface area (Å²) in [5, 5.41) is 3.08. The summed E-state index contributed by atoms with van der Waals surface area (Å²) in [6.45, 7) is 2.02. The van der Waals surface area contributed by atoms with Crippen LogP contribution >= 0.6 is 0 Å². The number of nitrogens with zero attached hydrogens (tertiary/aromatic N) is 2. The van der Waals surface area contributed by atoms with E-state index in [1.807, 2.05) is 32.2 Å². The van der Waals surface area contributed by atoms with E-state index < -0.39 is 0 Å². The molecule has 0 unspecified atom stereocenters. The van der Waals surface area contributed by atoms with E-state index in [-0.39, 0.29) is 0 Å². The normalized spacial score (nSPS) is 14.2. The number of benzene rings is 1. The Labute approximate surface area is 112 Å². The second-order valence-corrected chi connectivity index (χ2v) is 4.79. The van der Waals surface area contributed by atoms with Crippen LogP contribution in [0.4, 0.5) is 5.82 Å². The third-order valence-electron chi connectivity index (χ3n) is 3.26. The molecule has 3 rings (SSSR count). The highest BCUT2D eigenvalue weighted by molar-refractivity contribution is 5.68. The first kappa shape index (κ1) is 12.0. The summed E-state index contributed by atoms with van der Waals surface area (Å²) in [4.78, 5) is 8.60. The summed E-state index contributed by atoms with van der Waals surface area (Å²) in [5.74, 6) is 1.78. The van der Waals surface area contributed by atoms with E-state index in [0.29, 0.717) is 6.10 Å². The molecule has 19 heavy (non-hydrogen) atoms. The molecule has 2 aromatic rings. The SMILES string of the molecule is CNc1ncnc(-c2cccc(OC3CC3)c2)c1C. The van der Waals surface area contributed by atoms with Crippen molar-refractivity contribution >= 4 is 5.82 Å². The van der Waals surface area contributed by atoms with Crippen molar-refractivity contribution < 1.29 is 4.74 Å². The zero-order valence-electron chi connectivity index (χ0n) is 11.2. The largest absolute Gasteiger partial charge is 0.490 e. The van der Waals surface area contributed by atoms with Crippen molar-refractivity contribution in [1.29, 1.82) is 0 Å². The number of nitrogens with one attached hydrogen (secondary N) is 1. The third-order valence-corrected chi connectivity index (χ3v) is 3.26. The number of hydrogen-bond donors (Lipinski definition) is 1. The van der Waals surface area contributed by atoms with Crippen LogP contribution in [0.2, 0.25) is 0 Å². The first-order chi connectivity index (χ1) is 9.28. The molecule has 4 heteroatoms. The molecule has 1 heterocycles. The fraction of sp³-hybridized carbons (Fsp3) is 0.333. The van der Waals surface area contributed by atoms with Gasteiger partial charge in [0.15, 0.2) is 0 Å². The van der Waals surface area contributed by atoms with Crippen molar-refractivity contribution in [2.45, 2.75) is 25.9 Å². The van der Waals surface area contributed by atoms with Crippen LogP contribution in [0.1, 0.15) is 18.4 Å². The summed E-state index contributed by atoms with van der Waals surface area (Å²) < 4.78 is 5.82. The molecule has 1 aromatic carbocycles. The Morgan fingerprint density at radius 1 is 1.26 bits per heavy atom. The fourth-order valence-electron chi connectivity index (χ4n) is 2.09. The van der Waals surface area contributed by atoms with E-state index in [1.165, 1.54) is 12.8 Å². The molecule has 4 nitrogen and oxygen atoms in total. The van der Waals surface area contributed by atoms with Gasteiger partial charge in [0.25, 0.3) is 0 Å². The molecule has 98 valence electrons. The van der Waals surface area contributed by atoms with Gasteiger partial charge < -0.3 is 10.1 Å². The molecule has 0 spiro atoms. The minimum Gasteiger partial charge on any atom is -0.490 e. The molecule has 1 N–H and O–H groups in total. The first-order valence-electron chi connectivity index (χ1n) is 6.54. The van der Waals surface area contributed by atoms with Crippen molar-refractivity contribution in [2.75, 3.05) is 12.4 Å². The molecule has 0 aliphatic heterocycles. The van der Waals surface area contributed by atoms with E-state index in [9.17, 15) is 0 Å². The predicted octanol–water partition coefficient (Wildman–Crippen LogP) is 3.03. The second kappa shape index (κ2) is 4.88. The van der Waals surface area contributed by atoms with Gasteiger partial charge in [0.2, 0.25) is 0 Å². The molecular formula is C15H17N3O. The lowest BCUT2D eigenvalue weighted by Gasteiger charge is -2.10. The van der Waals surface area contributed by atoms with Crippen molar-refractivity contribution in [3.05, 3.63) is 36.2 Å². The van der Waals surface area contributed by atoms with Gasteiger partial charge in [-0.15, -0.1) is 0 Å². The summed E-state index contributed by atoms with van der Waals surface area (Å²) in [6.07, 6.45) is 4.33. The fourth-order valence-corrected chi connectivity index (χ4v) is 2.09. The highest BCUT2D eigenvalue weighted by Gasteiger charge is 2.23. The second-order valence-electron chi connectivity index (χ2n) is 4.79. The average Bonchev–Trinajstić information content (AvgIpc) is 3.23. The minimum absolute atomic E-state index is 0.412. The van der Waals surface area contributed by atoms with Gasteiger partial charge >= 0.3 is 0 Å². The van der Waals surface area contributed by atoms with Gasteiger partial charge in [-0.1, -0.05) is 12.1 Å². The first-order valence-corrected chi connectivity index (χ1v) is 6.54. The average molecular weight is 255 g/mol. The van der Waals surface area contributed by atoms with Gasteiger partial charge in [-0.05, 0) is 31.9 Å². The van der Waals surface area contributed by atoms with E-state index >= 15 is 0 Å². The molecule has 0 saturated heterocycles. The van der Waals surface area contributed by atoms with Crippen molar-refractivity contribution in [2.24, 2.45) is 0 Å². The van der Waals surface area contributed by atoms with Crippen LogP contribution in [-0.2, 0) is 0 Å².